The van der Waals surface area contributed by atoms with Crippen molar-refractivity contribution < 1.29 is 17.6 Å². The lowest BCUT2D eigenvalue weighted by atomic mass is 10.1. The summed E-state index contributed by atoms with van der Waals surface area (Å²) in [7, 11) is -3.38. The molecule has 1 fully saturated rings. The summed E-state index contributed by atoms with van der Waals surface area (Å²) in [6.45, 7) is 0.719. The van der Waals surface area contributed by atoms with Gasteiger partial charge in [-0.15, -0.1) is 0 Å². The van der Waals surface area contributed by atoms with E-state index in [2.05, 4.69) is 4.98 Å². The fourth-order valence-corrected chi connectivity index (χ4v) is 5.17. The van der Waals surface area contributed by atoms with Crippen molar-refractivity contribution in [1.29, 1.82) is 0 Å². The van der Waals surface area contributed by atoms with Gasteiger partial charge in [-0.25, -0.2) is 13.4 Å². The van der Waals surface area contributed by atoms with E-state index in [4.69, 9.17) is 4.42 Å². The Morgan fingerprint density at radius 2 is 1.57 bits per heavy atom. The van der Waals surface area contributed by atoms with Crippen LogP contribution in [0, 0.1) is 0 Å². The number of nitrogens with zero attached hydrogens (tertiary/aromatic N) is 2. The average Bonchev–Trinajstić information content (AvgIpc) is 3.25. The molecule has 0 atom stereocenters. The number of rotatable bonds is 4. The lowest BCUT2D eigenvalue weighted by Gasteiger charge is -2.30. The maximum absolute atomic E-state index is 12.8. The van der Waals surface area contributed by atoms with E-state index in [9.17, 15) is 13.2 Å². The first-order valence-corrected chi connectivity index (χ1v) is 10.7. The predicted octanol–water partition coefficient (Wildman–Crippen LogP) is 3.42. The van der Waals surface area contributed by atoms with Gasteiger partial charge in [-0.3, -0.25) is 4.79 Å². The summed E-state index contributed by atoms with van der Waals surface area (Å²) in [5, 5.41) is -0.483. The summed E-state index contributed by atoms with van der Waals surface area (Å²) in [6, 6.07) is 17.9. The van der Waals surface area contributed by atoms with Crippen molar-refractivity contribution in [2.75, 3.05) is 13.1 Å². The summed E-state index contributed by atoms with van der Waals surface area (Å²) < 4.78 is 31.1. The summed E-state index contributed by atoms with van der Waals surface area (Å²) >= 11 is 0. The van der Waals surface area contributed by atoms with Crippen LogP contribution < -0.4 is 0 Å². The monoisotopic (exact) mass is 396 g/mol. The molecule has 0 radical (unpaired) electrons. The second-order valence-corrected chi connectivity index (χ2v) is 8.97. The lowest BCUT2D eigenvalue weighted by molar-refractivity contribution is 0.0686. The van der Waals surface area contributed by atoms with Gasteiger partial charge in [0.25, 0.3) is 5.89 Å². The van der Waals surface area contributed by atoms with Gasteiger partial charge in [-0.2, -0.15) is 0 Å². The van der Waals surface area contributed by atoms with Gasteiger partial charge in [-0.1, -0.05) is 48.5 Å². The van der Waals surface area contributed by atoms with Crippen molar-refractivity contribution in [3.63, 3.8) is 0 Å². The molecule has 7 heteroatoms. The minimum atomic E-state index is -3.38. The number of carbonyl (C=O) groups is 1. The Kier molecular flexibility index (Phi) is 5.00. The fourth-order valence-electron chi connectivity index (χ4n) is 3.42. The molecule has 0 bridgehead atoms. The van der Waals surface area contributed by atoms with Crippen LogP contribution in [-0.4, -0.2) is 42.5 Å². The molecule has 3 aromatic rings. The van der Waals surface area contributed by atoms with Crippen molar-refractivity contribution in [2.45, 2.75) is 23.0 Å². The topological polar surface area (TPSA) is 80.5 Å². The molecule has 1 aromatic heterocycles. The average molecular weight is 396 g/mol. The molecule has 0 spiro atoms. The number of hydrogen-bond donors (Lipinski definition) is 0. The number of carbonyl (C=O) groups excluding carboxylic acids is 1. The largest absolute Gasteiger partial charge is 0.432 e. The smallest absolute Gasteiger partial charge is 0.309 e. The van der Waals surface area contributed by atoms with Crippen molar-refractivity contribution in [3.05, 3.63) is 72.8 Å². The molecular formula is C21H20N2O4S. The van der Waals surface area contributed by atoms with Gasteiger partial charge >= 0.3 is 5.91 Å². The van der Waals surface area contributed by atoms with Crippen molar-refractivity contribution >= 4 is 15.7 Å². The molecule has 144 valence electrons. The maximum atomic E-state index is 12.8. The first-order valence-electron chi connectivity index (χ1n) is 9.15. The highest BCUT2D eigenvalue weighted by Gasteiger charge is 2.33. The highest BCUT2D eigenvalue weighted by atomic mass is 32.2. The predicted molar refractivity (Wildman–Crippen MR) is 104 cm³/mol. The first-order chi connectivity index (χ1) is 13.6. The van der Waals surface area contributed by atoms with Crippen molar-refractivity contribution in [2.24, 2.45) is 0 Å². The van der Waals surface area contributed by atoms with E-state index in [0.717, 1.165) is 5.56 Å². The maximum Gasteiger partial charge on any atom is 0.309 e. The number of aromatic nitrogens is 1. The molecule has 0 N–H and O–H groups in total. The molecule has 2 aromatic carbocycles. The third-order valence-corrected chi connectivity index (χ3v) is 7.27. The SMILES string of the molecule is O=C(c1ncc(-c2ccccc2)o1)N1CCC(S(=O)(=O)c2ccccc2)CC1. The number of piperidine rings is 1. The van der Waals surface area contributed by atoms with Gasteiger partial charge in [-0.05, 0) is 25.0 Å². The van der Waals surface area contributed by atoms with E-state index >= 15 is 0 Å². The quantitative estimate of drug-likeness (QED) is 0.675. The Hall–Kier alpha value is -2.93. The van der Waals surface area contributed by atoms with Gasteiger partial charge in [0, 0.05) is 18.7 Å². The van der Waals surface area contributed by atoms with Crippen LogP contribution in [0.2, 0.25) is 0 Å². The van der Waals surface area contributed by atoms with Crippen LogP contribution in [0.4, 0.5) is 0 Å². The molecule has 6 nitrogen and oxygen atoms in total. The van der Waals surface area contributed by atoms with E-state index in [0.29, 0.717) is 36.6 Å². The number of sulfone groups is 1. The fraction of sp³-hybridized carbons (Fsp3) is 0.238. The number of hydrogen-bond acceptors (Lipinski definition) is 5. The van der Waals surface area contributed by atoms with Crippen LogP contribution in [0.15, 0.2) is 76.2 Å². The Labute approximate surface area is 163 Å². The number of benzene rings is 2. The zero-order valence-electron chi connectivity index (χ0n) is 15.2. The Balaban J connectivity index is 1.43. The van der Waals surface area contributed by atoms with E-state index < -0.39 is 15.1 Å². The summed E-state index contributed by atoms with van der Waals surface area (Å²) in [5.74, 6) is 0.256. The van der Waals surface area contributed by atoms with Crippen LogP contribution in [0.25, 0.3) is 11.3 Å². The van der Waals surface area contributed by atoms with Gasteiger partial charge in [0.1, 0.15) is 0 Å². The third kappa shape index (κ3) is 3.57. The van der Waals surface area contributed by atoms with Gasteiger partial charge < -0.3 is 9.32 Å². The Bertz CT molecular complexity index is 1050. The highest BCUT2D eigenvalue weighted by Crippen LogP contribution is 2.26. The molecule has 0 aliphatic carbocycles. The first kappa shape index (κ1) is 18.4. The minimum absolute atomic E-state index is 0.0308. The van der Waals surface area contributed by atoms with Crippen molar-refractivity contribution in [1.82, 2.24) is 9.88 Å². The molecule has 0 saturated carbocycles. The van der Waals surface area contributed by atoms with Crippen LogP contribution in [0.3, 0.4) is 0 Å². The van der Waals surface area contributed by atoms with Crippen LogP contribution in [0.1, 0.15) is 23.5 Å². The number of oxazole rings is 1. The molecular weight excluding hydrogens is 376 g/mol. The van der Waals surface area contributed by atoms with E-state index in [-0.39, 0.29) is 11.8 Å². The van der Waals surface area contributed by atoms with Crippen molar-refractivity contribution in [3.8, 4) is 11.3 Å². The van der Waals surface area contributed by atoms with Crippen LogP contribution in [0.5, 0.6) is 0 Å². The molecule has 1 aliphatic heterocycles. The van der Waals surface area contributed by atoms with E-state index in [1.807, 2.05) is 30.3 Å². The van der Waals surface area contributed by atoms with Crippen LogP contribution >= 0.6 is 0 Å². The second kappa shape index (κ2) is 7.59. The molecule has 28 heavy (non-hydrogen) atoms. The summed E-state index contributed by atoms with van der Waals surface area (Å²) in [5.41, 5.74) is 0.849. The van der Waals surface area contributed by atoms with E-state index in [1.165, 1.54) is 6.20 Å². The zero-order chi connectivity index (χ0) is 19.6. The molecule has 2 heterocycles. The zero-order valence-corrected chi connectivity index (χ0v) is 16.0. The lowest BCUT2D eigenvalue weighted by Crippen LogP contribution is -2.42. The molecule has 4 rings (SSSR count). The second-order valence-electron chi connectivity index (χ2n) is 6.75. The summed E-state index contributed by atoms with van der Waals surface area (Å²) in [6.07, 6.45) is 2.33. The normalized spacial score (nSPS) is 15.5. The Morgan fingerprint density at radius 1 is 0.964 bits per heavy atom. The Morgan fingerprint density at radius 3 is 2.21 bits per heavy atom. The van der Waals surface area contributed by atoms with Gasteiger partial charge in [0.15, 0.2) is 15.6 Å². The summed E-state index contributed by atoms with van der Waals surface area (Å²) in [4.78, 5) is 18.7. The minimum Gasteiger partial charge on any atom is -0.432 e. The van der Waals surface area contributed by atoms with Crippen LogP contribution in [-0.2, 0) is 9.84 Å². The highest BCUT2D eigenvalue weighted by molar-refractivity contribution is 7.92. The standard InChI is InChI=1S/C21H20N2O4S/c24-21(20-22-15-19(27-20)16-7-3-1-4-8-16)23-13-11-18(12-14-23)28(25,26)17-9-5-2-6-10-17/h1-10,15,18H,11-14H2. The molecule has 1 saturated heterocycles. The molecule has 0 unspecified atom stereocenters. The third-order valence-electron chi connectivity index (χ3n) is 4.99. The van der Waals surface area contributed by atoms with E-state index in [1.54, 1.807) is 35.2 Å². The molecule has 1 aliphatic rings. The van der Waals surface area contributed by atoms with Gasteiger partial charge in [0.05, 0.1) is 16.3 Å². The number of likely N-dealkylation sites (tertiary alicyclic amines) is 1. The molecule has 1 amide bonds. The van der Waals surface area contributed by atoms with Gasteiger partial charge in [0.2, 0.25) is 0 Å². The number of amides is 1.